The molecule has 5 nitrogen and oxygen atoms in total. The van der Waals surface area contributed by atoms with E-state index in [-0.39, 0.29) is 17.3 Å². The summed E-state index contributed by atoms with van der Waals surface area (Å²) in [7, 11) is 1.89. The fourth-order valence-corrected chi connectivity index (χ4v) is 1.05. The van der Waals surface area contributed by atoms with E-state index in [1.54, 1.807) is 0 Å². The number of halogens is 1. The van der Waals surface area contributed by atoms with Crippen LogP contribution in [0.15, 0.2) is 0 Å². The average molecular weight is 231 g/mol. The van der Waals surface area contributed by atoms with Gasteiger partial charge < -0.3 is 9.64 Å². The van der Waals surface area contributed by atoms with Crippen molar-refractivity contribution in [1.82, 2.24) is 15.0 Å². The van der Waals surface area contributed by atoms with Crippen molar-refractivity contribution in [2.24, 2.45) is 0 Å². The molecule has 0 radical (unpaired) electrons. The highest BCUT2D eigenvalue weighted by Crippen LogP contribution is 2.15. The van der Waals surface area contributed by atoms with Gasteiger partial charge in [-0.2, -0.15) is 15.0 Å². The molecule has 0 atom stereocenters. The zero-order valence-corrected chi connectivity index (χ0v) is 10.1. The topological polar surface area (TPSA) is 51.1 Å². The zero-order valence-electron chi connectivity index (χ0n) is 9.36. The maximum absolute atomic E-state index is 5.77. The second-order valence-electron chi connectivity index (χ2n) is 3.32. The number of nitrogens with zero attached hydrogens (tertiary/aromatic N) is 4. The highest BCUT2D eigenvalue weighted by Gasteiger charge is 2.12. The van der Waals surface area contributed by atoms with Gasteiger partial charge in [0.15, 0.2) is 0 Å². The van der Waals surface area contributed by atoms with Gasteiger partial charge in [0.25, 0.3) is 0 Å². The number of hydrogen-bond donors (Lipinski definition) is 0. The summed E-state index contributed by atoms with van der Waals surface area (Å²) in [5, 5.41) is 0.149. The van der Waals surface area contributed by atoms with E-state index >= 15 is 0 Å². The third kappa shape index (κ3) is 3.20. The SMILES string of the molecule is CCOc1nc(Cl)nc(N(C)C(C)C)n1. The molecule has 0 spiro atoms. The zero-order chi connectivity index (χ0) is 11.4. The smallest absolute Gasteiger partial charge is 0.322 e. The van der Waals surface area contributed by atoms with Crippen molar-refractivity contribution < 1.29 is 4.74 Å². The van der Waals surface area contributed by atoms with Gasteiger partial charge in [0.2, 0.25) is 11.2 Å². The first-order valence-corrected chi connectivity index (χ1v) is 5.19. The third-order valence-electron chi connectivity index (χ3n) is 1.94. The van der Waals surface area contributed by atoms with Crippen LogP contribution in [-0.2, 0) is 0 Å². The minimum absolute atomic E-state index is 0.149. The van der Waals surface area contributed by atoms with Gasteiger partial charge >= 0.3 is 6.01 Å². The van der Waals surface area contributed by atoms with Crippen molar-refractivity contribution in [2.45, 2.75) is 26.8 Å². The molecule has 1 heterocycles. The molecular formula is C9H15ClN4O. The van der Waals surface area contributed by atoms with Crippen LogP contribution in [0.25, 0.3) is 0 Å². The second kappa shape index (κ2) is 5.11. The summed E-state index contributed by atoms with van der Waals surface area (Å²) in [5.41, 5.74) is 0. The van der Waals surface area contributed by atoms with E-state index in [0.717, 1.165) is 0 Å². The van der Waals surface area contributed by atoms with Crippen LogP contribution in [0.3, 0.4) is 0 Å². The standard InChI is InChI=1S/C9H15ClN4O/c1-5-15-9-12-7(10)11-8(13-9)14(4)6(2)3/h6H,5H2,1-4H3. The normalized spacial score (nSPS) is 10.5. The van der Waals surface area contributed by atoms with Gasteiger partial charge in [-0.3, -0.25) is 0 Å². The van der Waals surface area contributed by atoms with E-state index in [2.05, 4.69) is 15.0 Å². The van der Waals surface area contributed by atoms with Gasteiger partial charge in [-0.05, 0) is 32.4 Å². The summed E-state index contributed by atoms with van der Waals surface area (Å²) < 4.78 is 5.18. The number of anilines is 1. The van der Waals surface area contributed by atoms with Crippen molar-refractivity contribution in [3.8, 4) is 6.01 Å². The van der Waals surface area contributed by atoms with Crippen LogP contribution in [0.1, 0.15) is 20.8 Å². The van der Waals surface area contributed by atoms with Crippen LogP contribution >= 0.6 is 11.6 Å². The number of aromatic nitrogens is 3. The van der Waals surface area contributed by atoms with E-state index in [0.29, 0.717) is 12.6 Å². The summed E-state index contributed by atoms with van der Waals surface area (Å²) in [6.07, 6.45) is 0. The van der Waals surface area contributed by atoms with Crippen LogP contribution in [-0.4, -0.2) is 34.6 Å². The first-order valence-electron chi connectivity index (χ1n) is 4.81. The summed E-state index contributed by atoms with van der Waals surface area (Å²) in [4.78, 5) is 13.9. The quantitative estimate of drug-likeness (QED) is 0.789. The van der Waals surface area contributed by atoms with Gasteiger partial charge in [-0.15, -0.1) is 0 Å². The van der Waals surface area contributed by atoms with Crippen LogP contribution < -0.4 is 9.64 Å². The lowest BCUT2D eigenvalue weighted by Crippen LogP contribution is -2.27. The van der Waals surface area contributed by atoms with Crippen molar-refractivity contribution in [2.75, 3.05) is 18.6 Å². The molecule has 0 unspecified atom stereocenters. The Kier molecular flexibility index (Phi) is 4.08. The third-order valence-corrected chi connectivity index (χ3v) is 2.11. The van der Waals surface area contributed by atoms with Gasteiger partial charge in [0.05, 0.1) is 6.61 Å². The summed E-state index contributed by atoms with van der Waals surface area (Å²) >= 11 is 5.77. The van der Waals surface area contributed by atoms with Gasteiger partial charge in [0.1, 0.15) is 0 Å². The van der Waals surface area contributed by atoms with Crippen molar-refractivity contribution in [1.29, 1.82) is 0 Å². The van der Waals surface area contributed by atoms with E-state index in [9.17, 15) is 0 Å². The lowest BCUT2D eigenvalue weighted by Gasteiger charge is -2.21. The summed E-state index contributed by atoms with van der Waals surface area (Å²) in [5.74, 6) is 0.522. The Morgan fingerprint density at radius 3 is 2.53 bits per heavy atom. The molecule has 1 rings (SSSR count). The lowest BCUT2D eigenvalue weighted by molar-refractivity contribution is 0.311. The number of hydrogen-bond acceptors (Lipinski definition) is 5. The Bertz CT molecular complexity index is 332. The molecule has 0 fully saturated rings. The average Bonchev–Trinajstić information content (AvgIpc) is 2.16. The summed E-state index contributed by atoms with van der Waals surface area (Å²) in [6.45, 7) is 6.45. The second-order valence-corrected chi connectivity index (χ2v) is 3.66. The Labute approximate surface area is 94.5 Å². The Morgan fingerprint density at radius 1 is 1.33 bits per heavy atom. The van der Waals surface area contributed by atoms with Gasteiger partial charge in [-0.25, -0.2) is 0 Å². The van der Waals surface area contributed by atoms with Crippen LogP contribution in [0, 0.1) is 0 Å². The minimum Gasteiger partial charge on any atom is -0.464 e. The Hall–Kier alpha value is -1.10. The Balaban J connectivity index is 2.97. The van der Waals surface area contributed by atoms with E-state index in [1.807, 2.05) is 32.7 Å². The fourth-order valence-electron chi connectivity index (χ4n) is 0.904. The molecule has 0 aliphatic heterocycles. The molecule has 0 saturated carbocycles. The monoisotopic (exact) mass is 230 g/mol. The van der Waals surface area contributed by atoms with Crippen LogP contribution in [0.5, 0.6) is 6.01 Å². The van der Waals surface area contributed by atoms with Crippen molar-refractivity contribution in [3.05, 3.63) is 5.28 Å². The Morgan fingerprint density at radius 2 is 2.00 bits per heavy atom. The molecule has 0 aliphatic rings. The molecule has 0 aliphatic carbocycles. The first-order chi connectivity index (χ1) is 7.04. The van der Waals surface area contributed by atoms with Crippen LogP contribution in [0.2, 0.25) is 5.28 Å². The molecule has 1 aromatic heterocycles. The fraction of sp³-hybridized carbons (Fsp3) is 0.667. The van der Waals surface area contributed by atoms with Crippen LogP contribution in [0.4, 0.5) is 5.95 Å². The van der Waals surface area contributed by atoms with Gasteiger partial charge in [0, 0.05) is 13.1 Å². The molecule has 6 heteroatoms. The maximum atomic E-state index is 5.77. The predicted octanol–water partition coefficient (Wildman–Crippen LogP) is 1.77. The molecular weight excluding hydrogens is 216 g/mol. The largest absolute Gasteiger partial charge is 0.464 e. The molecule has 0 amide bonds. The van der Waals surface area contributed by atoms with Gasteiger partial charge in [-0.1, -0.05) is 0 Å². The molecule has 0 aromatic carbocycles. The van der Waals surface area contributed by atoms with E-state index in [4.69, 9.17) is 16.3 Å². The van der Waals surface area contributed by atoms with Crippen molar-refractivity contribution in [3.63, 3.8) is 0 Å². The highest BCUT2D eigenvalue weighted by molar-refractivity contribution is 6.28. The lowest BCUT2D eigenvalue weighted by atomic mass is 10.4. The maximum Gasteiger partial charge on any atom is 0.322 e. The number of ether oxygens (including phenoxy) is 1. The van der Waals surface area contributed by atoms with Crippen molar-refractivity contribution >= 4 is 17.5 Å². The first kappa shape index (κ1) is 12.0. The predicted molar refractivity (Wildman–Crippen MR) is 59.5 cm³/mol. The molecule has 84 valence electrons. The van der Waals surface area contributed by atoms with E-state index in [1.165, 1.54) is 0 Å². The van der Waals surface area contributed by atoms with E-state index < -0.39 is 0 Å². The molecule has 0 bridgehead atoms. The summed E-state index contributed by atoms with van der Waals surface area (Å²) in [6, 6.07) is 0.554. The molecule has 15 heavy (non-hydrogen) atoms. The molecule has 0 saturated heterocycles. The minimum atomic E-state index is 0.149. The highest BCUT2D eigenvalue weighted by atomic mass is 35.5. The number of rotatable bonds is 4. The molecule has 1 aromatic rings. The molecule has 0 N–H and O–H groups in total.